The van der Waals surface area contributed by atoms with Crippen molar-refractivity contribution in [2.24, 2.45) is 0 Å². The van der Waals surface area contributed by atoms with E-state index in [2.05, 4.69) is 40.8 Å². The maximum atomic E-state index is 4.04. The number of hydrogen-bond acceptors (Lipinski definition) is 4. The second-order valence-electron chi connectivity index (χ2n) is 5.08. The summed E-state index contributed by atoms with van der Waals surface area (Å²) in [6, 6.07) is 16.2. The average molecular weight is 291 g/mol. The normalized spacial score (nSPS) is 11.0. The summed E-state index contributed by atoms with van der Waals surface area (Å²) in [6.45, 7) is 4.11. The second-order valence-corrected chi connectivity index (χ2v) is 5.08. The molecular weight excluding hydrogens is 274 g/mol. The van der Waals surface area contributed by atoms with Gasteiger partial charge in [-0.25, -0.2) is 0 Å². The van der Waals surface area contributed by atoms with Crippen LogP contribution in [0.5, 0.6) is 0 Å². The van der Waals surface area contributed by atoms with Gasteiger partial charge in [0.1, 0.15) is 0 Å². The zero-order valence-electron chi connectivity index (χ0n) is 12.6. The van der Waals surface area contributed by atoms with Crippen LogP contribution in [0.4, 0.5) is 5.69 Å². The predicted molar refractivity (Wildman–Crippen MR) is 87.7 cm³/mol. The van der Waals surface area contributed by atoms with Crippen molar-refractivity contribution in [1.29, 1.82) is 0 Å². The Hall–Kier alpha value is -2.95. The van der Waals surface area contributed by atoms with Crippen LogP contribution in [-0.2, 0) is 0 Å². The Labute approximate surface area is 129 Å². The number of anilines is 1. The maximum absolute atomic E-state index is 4.04. The molecule has 5 nitrogen and oxygen atoms in total. The molecule has 0 aliphatic heterocycles. The van der Waals surface area contributed by atoms with Crippen molar-refractivity contribution in [3.63, 3.8) is 0 Å². The van der Waals surface area contributed by atoms with Crippen LogP contribution in [-0.4, -0.2) is 20.2 Å². The summed E-state index contributed by atoms with van der Waals surface area (Å²) in [5, 5.41) is 15.1. The molecule has 0 aliphatic rings. The number of rotatable bonds is 4. The van der Waals surface area contributed by atoms with Gasteiger partial charge in [-0.3, -0.25) is 0 Å². The van der Waals surface area contributed by atoms with Crippen LogP contribution in [0.1, 0.15) is 17.0 Å². The van der Waals surface area contributed by atoms with Crippen LogP contribution in [0.25, 0.3) is 11.8 Å². The van der Waals surface area contributed by atoms with Gasteiger partial charge < -0.3 is 5.32 Å². The smallest absolute Gasteiger partial charge is 0.181 e. The molecule has 0 aliphatic carbocycles. The second kappa shape index (κ2) is 6.22. The third kappa shape index (κ3) is 3.03. The largest absolute Gasteiger partial charge is 0.361 e. The molecule has 1 heterocycles. The molecule has 3 rings (SSSR count). The number of nitrogens with one attached hydrogen (secondary N) is 1. The fourth-order valence-corrected chi connectivity index (χ4v) is 2.11. The Bertz CT molecular complexity index is 787. The van der Waals surface area contributed by atoms with E-state index in [9.17, 15) is 0 Å². The van der Waals surface area contributed by atoms with Crippen molar-refractivity contribution in [1.82, 2.24) is 20.2 Å². The summed E-state index contributed by atoms with van der Waals surface area (Å²) in [5.41, 5.74) is 4.39. The molecule has 1 N–H and O–H groups in total. The highest BCUT2D eigenvalue weighted by molar-refractivity contribution is 5.56. The van der Waals surface area contributed by atoms with E-state index >= 15 is 0 Å². The van der Waals surface area contributed by atoms with Crippen LogP contribution < -0.4 is 5.32 Å². The van der Waals surface area contributed by atoms with E-state index < -0.39 is 0 Å². The van der Waals surface area contributed by atoms with Crippen LogP contribution in [0.3, 0.4) is 0 Å². The number of tetrazole rings is 1. The van der Waals surface area contributed by atoms with E-state index in [0.717, 1.165) is 11.4 Å². The lowest BCUT2D eigenvalue weighted by atomic mass is 10.2. The first-order valence-electron chi connectivity index (χ1n) is 7.08. The SMILES string of the molecule is Cc1ccc(-n2nnnc2/C=C/Nc2ccccc2C)cc1. The lowest BCUT2D eigenvalue weighted by molar-refractivity contribution is 0.786. The monoisotopic (exact) mass is 291 g/mol. The lowest BCUT2D eigenvalue weighted by Crippen LogP contribution is -2.00. The van der Waals surface area contributed by atoms with Crippen molar-refractivity contribution < 1.29 is 0 Å². The highest BCUT2D eigenvalue weighted by Gasteiger charge is 2.04. The summed E-state index contributed by atoms with van der Waals surface area (Å²) < 4.78 is 1.70. The zero-order chi connectivity index (χ0) is 15.4. The standard InChI is InChI=1S/C17H17N5/c1-13-7-9-15(10-8-13)22-17(19-20-21-22)11-12-18-16-6-4-3-5-14(16)2/h3-12,18H,1-2H3/b12-11+. The molecule has 0 saturated carbocycles. The van der Waals surface area contributed by atoms with Crippen LogP contribution >= 0.6 is 0 Å². The molecule has 0 amide bonds. The Morgan fingerprint density at radius 3 is 2.55 bits per heavy atom. The number of para-hydroxylation sites is 1. The molecule has 5 heteroatoms. The van der Waals surface area contributed by atoms with Crippen molar-refractivity contribution in [2.75, 3.05) is 5.32 Å². The van der Waals surface area contributed by atoms with Crippen molar-refractivity contribution in [3.8, 4) is 5.69 Å². The van der Waals surface area contributed by atoms with Crippen molar-refractivity contribution >= 4 is 11.8 Å². The van der Waals surface area contributed by atoms with E-state index in [0.29, 0.717) is 5.82 Å². The van der Waals surface area contributed by atoms with Crippen LogP contribution in [0.15, 0.2) is 54.7 Å². The third-order valence-corrected chi connectivity index (χ3v) is 3.39. The average Bonchev–Trinajstić information content (AvgIpc) is 2.98. The fourth-order valence-electron chi connectivity index (χ4n) is 2.11. The number of hydrogen-bond donors (Lipinski definition) is 1. The van der Waals surface area contributed by atoms with E-state index in [-0.39, 0.29) is 0 Å². The molecule has 22 heavy (non-hydrogen) atoms. The number of nitrogens with zero attached hydrogens (tertiary/aromatic N) is 4. The minimum atomic E-state index is 0.671. The summed E-state index contributed by atoms with van der Waals surface area (Å²) in [7, 11) is 0. The number of benzene rings is 2. The summed E-state index contributed by atoms with van der Waals surface area (Å²) in [4.78, 5) is 0. The summed E-state index contributed by atoms with van der Waals surface area (Å²) >= 11 is 0. The number of aromatic nitrogens is 4. The zero-order valence-corrected chi connectivity index (χ0v) is 12.6. The molecule has 0 bridgehead atoms. The minimum absolute atomic E-state index is 0.671. The van der Waals surface area contributed by atoms with Gasteiger partial charge in [-0.05, 0) is 48.0 Å². The topological polar surface area (TPSA) is 55.6 Å². The van der Waals surface area contributed by atoms with Crippen molar-refractivity contribution in [3.05, 3.63) is 71.7 Å². The minimum Gasteiger partial charge on any atom is -0.361 e. The molecule has 0 radical (unpaired) electrons. The molecule has 0 spiro atoms. The molecule has 1 aromatic heterocycles. The van der Waals surface area contributed by atoms with Gasteiger partial charge in [0.05, 0.1) is 5.69 Å². The van der Waals surface area contributed by atoms with Gasteiger partial charge in [0, 0.05) is 18.0 Å². The molecule has 110 valence electrons. The maximum Gasteiger partial charge on any atom is 0.181 e. The predicted octanol–water partition coefficient (Wildman–Crippen LogP) is 3.36. The highest BCUT2D eigenvalue weighted by Crippen LogP contribution is 2.14. The Morgan fingerprint density at radius 1 is 1.00 bits per heavy atom. The molecule has 0 fully saturated rings. The van der Waals surface area contributed by atoms with Crippen LogP contribution in [0.2, 0.25) is 0 Å². The Balaban J connectivity index is 1.79. The molecule has 0 atom stereocenters. The fraction of sp³-hybridized carbons (Fsp3) is 0.118. The molecule has 0 saturated heterocycles. The van der Waals surface area contributed by atoms with E-state index in [4.69, 9.17) is 0 Å². The Morgan fingerprint density at radius 2 is 1.77 bits per heavy atom. The first-order valence-corrected chi connectivity index (χ1v) is 7.08. The summed E-state index contributed by atoms with van der Waals surface area (Å²) in [6.07, 6.45) is 3.70. The van der Waals surface area contributed by atoms with E-state index in [1.807, 2.05) is 54.7 Å². The molecule has 0 unspecified atom stereocenters. The molecule has 3 aromatic rings. The van der Waals surface area contributed by atoms with Gasteiger partial charge in [-0.1, -0.05) is 35.9 Å². The van der Waals surface area contributed by atoms with Gasteiger partial charge >= 0.3 is 0 Å². The Kier molecular flexibility index (Phi) is 3.96. The van der Waals surface area contributed by atoms with E-state index in [1.165, 1.54) is 11.1 Å². The first kappa shape index (κ1) is 14.0. The first-order chi connectivity index (χ1) is 10.7. The highest BCUT2D eigenvalue weighted by atomic mass is 15.5. The van der Waals surface area contributed by atoms with Crippen LogP contribution in [0, 0.1) is 13.8 Å². The van der Waals surface area contributed by atoms with Crippen molar-refractivity contribution in [2.45, 2.75) is 13.8 Å². The van der Waals surface area contributed by atoms with E-state index in [1.54, 1.807) is 4.68 Å². The third-order valence-electron chi connectivity index (χ3n) is 3.39. The molecular formula is C17H17N5. The van der Waals surface area contributed by atoms with Gasteiger partial charge in [-0.2, -0.15) is 4.68 Å². The van der Waals surface area contributed by atoms with Gasteiger partial charge in [-0.15, -0.1) is 5.10 Å². The number of aryl methyl sites for hydroxylation is 2. The van der Waals surface area contributed by atoms with Gasteiger partial charge in [0.15, 0.2) is 5.82 Å². The quantitative estimate of drug-likeness (QED) is 0.801. The van der Waals surface area contributed by atoms with Gasteiger partial charge in [0.25, 0.3) is 0 Å². The summed E-state index contributed by atoms with van der Waals surface area (Å²) in [5.74, 6) is 0.671. The lowest BCUT2D eigenvalue weighted by Gasteiger charge is -2.04. The molecule has 2 aromatic carbocycles. The van der Waals surface area contributed by atoms with Gasteiger partial charge in [0.2, 0.25) is 0 Å².